The number of nitrogens with one attached hydrogen (secondary N) is 1. The Morgan fingerprint density at radius 1 is 1.58 bits per heavy atom. The van der Waals surface area contributed by atoms with E-state index in [1.54, 1.807) is 18.4 Å². The zero-order chi connectivity index (χ0) is 17.5. The first-order chi connectivity index (χ1) is 11.5. The van der Waals surface area contributed by atoms with Gasteiger partial charge in [0.1, 0.15) is 0 Å². The molecule has 24 heavy (non-hydrogen) atoms. The van der Waals surface area contributed by atoms with Gasteiger partial charge in [0.25, 0.3) is 5.69 Å². The molecule has 10 heteroatoms. The number of aromatic nitrogens is 1. The van der Waals surface area contributed by atoms with Crippen molar-refractivity contribution in [3.05, 3.63) is 49.4 Å². The largest absolute Gasteiger partial charge is 0.466 e. The minimum atomic E-state index is -0.473. The van der Waals surface area contributed by atoms with Gasteiger partial charge in [-0.2, -0.15) is 5.10 Å². The first kappa shape index (κ1) is 18.0. The van der Waals surface area contributed by atoms with E-state index in [1.165, 1.54) is 29.7 Å². The number of ether oxygens (including phenoxy) is 1. The molecule has 2 rings (SSSR count). The smallest absolute Gasteiger partial charge is 0.311 e. The number of hydrogen-bond acceptors (Lipinski definition) is 8. The molecular weight excluding hydrogens is 400 g/mol. The number of hydrazone groups is 1. The van der Waals surface area contributed by atoms with Crippen molar-refractivity contribution in [3.63, 3.8) is 0 Å². The Labute approximate surface area is 149 Å². The predicted octanol–water partition coefficient (Wildman–Crippen LogP) is 3.37. The number of esters is 1. The highest BCUT2D eigenvalue weighted by molar-refractivity contribution is 9.10. The lowest BCUT2D eigenvalue weighted by atomic mass is 10.2. The lowest BCUT2D eigenvalue weighted by Crippen LogP contribution is -2.07. The summed E-state index contributed by atoms with van der Waals surface area (Å²) in [5, 5.41) is 17.0. The van der Waals surface area contributed by atoms with E-state index in [4.69, 9.17) is 4.74 Å². The zero-order valence-electron chi connectivity index (χ0n) is 12.6. The van der Waals surface area contributed by atoms with E-state index in [1.807, 2.05) is 0 Å². The Morgan fingerprint density at radius 3 is 3.08 bits per heavy atom. The third kappa shape index (κ3) is 5.10. The van der Waals surface area contributed by atoms with Crippen LogP contribution in [-0.4, -0.2) is 28.7 Å². The number of nitro groups is 1. The summed E-state index contributed by atoms with van der Waals surface area (Å²) in [6, 6.07) is 4.39. The van der Waals surface area contributed by atoms with Gasteiger partial charge in [-0.3, -0.25) is 20.3 Å². The fourth-order valence-electron chi connectivity index (χ4n) is 1.70. The number of carbonyl (C=O) groups is 1. The molecule has 0 amide bonds. The molecule has 1 aromatic heterocycles. The molecule has 0 unspecified atom stereocenters. The maximum absolute atomic E-state index is 11.4. The molecule has 0 saturated carbocycles. The summed E-state index contributed by atoms with van der Waals surface area (Å²) in [6.45, 7) is 2.07. The molecule has 0 bridgehead atoms. The van der Waals surface area contributed by atoms with Crippen molar-refractivity contribution in [1.82, 2.24) is 4.98 Å². The monoisotopic (exact) mass is 412 g/mol. The second-order valence-electron chi connectivity index (χ2n) is 4.46. The Hall–Kier alpha value is -2.33. The number of rotatable bonds is 7. The summed E-state index contributed by atoms with van der Waals surface area (Å²) in [7, 11) is 0. The molecule has 0 radical (unpaired) electrons. The molecule has 126 valence electrons. The number of carbonyl (C=O) groups excluding carboxylic acids is 1. The Morgan fingerprint density at radius 2 is 2.38 bits per heavy atom. The number of nitrogens with zero attached hydrogens (tertiary/aromatic N) is 3. The van der Waals surface area contributed by atoms with E-state index < -0.39 is 4.92 Å². The van der Waals surface area contributed by atoms with Crippen molar-refractivity contribution in [2.24, 2.45) is 5.10 Å². The van der Waals surface area contributed by atoms with Gasteiger partial charge in [-0.05, 0) is 13.0 Å². The normalized spacial score (nSPS) is 10.8. The topological polar surface area (TPSA) is 107 Å². The number of anilines is 1. The van der Waals surface area contributed by atoms with Crippen LogP contribution >= 0.6 is 27.3 Å². The average molecular weight is 413 g/mol. The van der Waals surface area contributed by atoms with Gasteiger partial charge in [-0.15, -0.1) is 11.3 Å². The van der Waals surface area contributed by atoms with Crippen LogP contribution in [0.5, 0.6) is 0 Å². The summed E-state index contributed by atoms with van der Waals surface area (Å²) in [5.74, 6) is -0.335. The van der Waals surface area contributed by atoms with E-state index in [2.05, 4.69) is 31.4 Å². The van der Waals surface area contributed by atoms with Gasteiger partial charge < -0.3 is 4.74 Å². The van der Waals surface area contributed by atoms with Gasteiger partial charge in [0.15, 0.2) is 0 Å². The van der Waals surface area contributed by atoms with Crippen LogP contribution in [0, 0.1) is 10.1 Å². The Bertz CT molecular complexity index is 778. The van der Waals surface area contributed by atoms with E-state index in [-0.39, 0.29) is 18.1 Å². The van der Waals surface area contributed by atoms with E-state index in [0.717, 1.165) is 0 Å². The molecule has 8 nitrogen and oxygen atoms in total. The number of non-ortho nitro benzene ring substituents is 1. The maximum atomic E-state index is 11.4. The lowest BCUT2D eigenvalue weighted by Gasteiger charge is -1.99. The number of nitro benzene ring substituents is 1. The molecule has 1 N–H and O–H groups in total. The number of benzene rings is 1. The standard InChI is InChI=1S/C14H13BrN4O4S/c1-2-23-13(20)6-10-8-24-14(17-10)18-16-7-9-5-11(19(21)22)3-4-12(9)15/h3-5,7-8H,2,6H2,1H3,(H,17,18). The van der Waals surface area contributed by atoms with Crippen molar-refractivity contribution in [3.8, 4) is 0 Å². The zero-order valence-corrected chi connectivity index (χ0v) is 15.0. The molecule has 0 aliphatic rings. The summed E-state index contributed by atoms with van der Waals surface area (Å²) in [6.07, 6.45) is 1.55. The first-order valence-electron chi connectivity index (χ1n) is 6.82. The molecule has 1 aromatic carbocycles. The third-order valence-corrected chi connectivity index (χ3v) is 4.25. The third-order valence-electron chi connectivity index (χ3n) is 2.74. The Balaban J connectivity index is 1.99. The second-order valence-corrected chi connectivity index (χ2v) is 6.17. The summed E-state index contributed by atoms with van der Waals surface area (Å²) in [5.41, 5.74) is 3.85. The summed E-state index contributed by atoms with van der Waals surface area (Å²) in [4.78, 5) is 25.9. The minimum absolute atomic E-state index is 0.0226. The van der Waals surface area contributed by atoms with Crippen molar-refractivity contribution in [1.29, 1.82) is 0 Å². The van der Waals surface area contributed by atoms with Crippen LogP contribution in [-0.2, 0) is 16.0 Å². The van der Waals surface area contributed by atoms with Crippen LogP contribution in [0.25, 0.3) is 0 Å². The highest BCUT2D eigenvalue weighted by atomic mass is 79.9. The molecule has 0 saturated heterocycles. The van der Waals surface area contributed by atoms with Crippen molar-refractivity contribution in [2.75, 3.05) is 12.0 Å². The predicted molar refractivity (Wildman–Crippen MR) is 94.5 cm³/mol. The Kier molecular flexibility index (Phi) is 6.38. The van der Waals surface area contributed by atoms with Crippen LogP contribution in [0.15, 0.2) is 33.2 Å². The number of thiazole rings is 1. The van der Waals surface area contributed by atoms with E-state index in [9.17, 15) is 14.9 Å². The number of halogens is 1. The molecule has 0 spiro atoms. The SMILES string of the molecule is CCOC(=O)Cc1csc(NN=Cc2cc([N+](=O)[O-])ccc2Br)n1. The van der Waals surface area contributed by atoms with Crippen LogP contribution in [0.2, 0.25) is 0 Å². The van der Waals surface area contributed by atoms with Gasteiger partial charge in [0.05, 0.1) is 29.9 Å². The molecule has 0 atom stereocenters. The molecule has 0 aliphatic carbocycles. The van der Waals surface area contributed by atoms with Gasteiger partial charge >= 0.3 is 5.97 Å². The van der Waals surface area contributed by atoms with Crippen molar-refractivity contribution < 1.29 is 14.5 Å². The molecule has 2 aromatic rings. The highest BCUT2D eigenvalue weighted by Crippen LogP contribution is 2.21. The van der Waals surface area contributed by atoms with Crippen LogP contribution < -0.4 is 5.43 Å². The van der Waals surface area contributed by atoms with Gasteiger partial charge in [0.2, 0.25) is 5.13 Å². The van der Waals surface area contributed by atoms with Crippen LogP contribution in [0.1, 0.15) is 18.2 Å². The van der Waals surface area contributed by atoms with Gasteiger partial charge in [-0.1, -0.05) is 15.9 Å². The average Bonchev–Trinajstić information content (AvgIpc) is 2.96. The van der Waals surface area contributed by atoms with Crippen molar-refractivity contribution in [2.45, 2.75) is 13.3 Å². The second kappa shape index (κ2) is 8.50. The fraction of sp³-hybridized carbons (Fsp3) is 0.214. The van der Waals surface area contributed by atoms with E-state index >= 15 is 0 Å². The van der Waals surface area contributed by atoms with Crippen LogP contribution in [0.4, 0.5) is 10.8 Å². The number of hydrogen-bond donors (Lipinski definition) is 1. The molecule has 0 fully saturated rings. The van der Waals surface area contributed by atoms with Crippen molar-refractivity contribution >= 4 is 50.3 Å². The highest BCUT2D eigenvalue weighted by Gasteiger charge is 2.09. The molecule has 0 aliphatic heterocycles. The van der Waals surface area contributed by atoms with Crippen LogP contribution in [0.3, 0.4) is 0 Å². The lowest BCUT2D eigenvalue weighted by molar-refractivity contribution is -0.384. The maximum Gasteiger partial charge on any atom is 0.311 e. The molecular formula is C14H13BrN4O4S. The minimum Gasteiger partial charge on any atom is -0.466 e. The van der Waals surface area contributed by atoms with E-state index in [0.29, 0.717) is 27.5 Å². The molecule has 1 heterocycles. The van der Waals surface area contributed by atoms with Gasteiger partial charge in [0, 0.05) is 27.5 Å². The first-order valence-corrected chi connectivity index (χ1v) is 8.50. The summed E-state index contributed by atoms with van der Waals surface area (Å²) >= 11 is 4.60. The quantitative estimate of drug-likeness (QED) is 0.323. The fourth-order valence-corrected chi connectivity index (χ4v) is 2.71. The van der Waals surface area contributed by atoms with Gasteiger partial charge in [-0.25, -0.2) is 4.98 Å². The summed E-state index contributed by atoms with van der Waals surface area (Å²) < 4.78 is 5.53.